The number of hydrogen-bond donors (Lipinski definition) is 2. The molecule has 0 radical (unpaired) electrons. The van der Waals surface area contributed by atoms with Gasteiger partial charge in [-0.05, 0) is 13.0 Å². The summed E-state index contributed by atoms with van der Waals surface area (Å²) < 4.78 is 33.2. The number of carbonyl (C=O) groups is 1. The predicted octanol–water partition coefficient (Wildman–Crippen LogP) is -0.188. The Hall–Kier alpha value is -0.770. The standard InChI is InChI=1S/C9H14N2O4S3/c1-6-8(18(10,14)15)5-7(16-6)9(12)11-3-4-17(2)13/h5H,3-4H2,1-2H3,(H,11,12)(H2,10,14,15). The highest BCUT2D eigenvalue weighted by Gasteiger charge is 2.18. The lowest BCUT2D eigenvalue weighted by molar-refractivity contribution is 0.0960. The molecule has 0 fully saturated rings. The zero-order valence-corrected chi connectivity index (χ0v) is 12.4. The van der Waals surface area contributed by atoms with Crippen LogP contribution in [0.5, 0.6) is 0 Å². The summed E-state index contributed by atoms with van der Waals surface area (Å²) in [6, 6.07) is 1.26. The van der Waals surface area contributed by atoms with Crippen LogP contribution in [-0.4, -0.2) is 37.1 Å². The Morgan fingerprint density at radius 3 is 2.61 bits per heavy atom. The molecule has 0 aliphatic carbocycles. The summed E-state index contributed by atoms with van der Waals surface area (Å²) in [6.07, 6.45) is 1.54. The van der Waals surface area contributed by atoms with Crippen LogP contribution in [0.4, 0.5) is 0 Å². The van der Waals surface area contributed by atoms with Crippen LogP contribution in [0.1, 0.15) is 14.5 Å². The van der Waals surface area contributed by atoms with Crippen molar-refractivity contribution in [3.8, 4) is 0 Å². The van der Waals surface area contributed by atoms with Crippen LogP contribution in [0.25, 0.3) is 0 Å². The van der Waals surface area contributed by atoms with Gasteiger partial charge in [0.2, 0.25) is 10.0 Å². The topological polar surface area (TPSA) is 106 Å². The molecule has 1 aromatic rings. The monoisotopic (exact) mass is 310 g/mol. The first kappa shape index (κ1) is 15.3. The van der Waals surface area contributed by atoms with Crippen molar-refractivity contribution < 1.29 is 17.4 Å². The number of nitrogens with two attached hydrogens (primary N) is 1. The fourth-order valence-electron chi connectivity index (χ4n) is 1.26. The van der Waals surface area contributed by atoms with E-state index in [4.69, 9.17) is 5.14 Å². The lowest BCUT2D eigenvalue weighted by atomic mass is 10.4. The van der Waals surface area contributed by atoms with Crippen molar-refractivity contribution >= 4 is 38.1 Å². The van der Waals surface area contributed by atoms with E-state index in [1.165, 1.54) is 6.07 Å². The molecular weight excluding hydrogens is 296 g/mol. The molecule has 6 nitrogen and oxygen atoms in total. The number of carbonyl (C=O) groups excluding carboxylic acids is 1. The Morgan fingerprint density at radius 2 is 2.17 bits per heavy atom. The van der Waals surface area contributed by atoms with Gasteiger partial charge in [-0.15, -0.1) is 11.3 Å². The van der Waals surface area contributed by atoms with Gasteiger partial charge in [-0.1, -0.05) is 0 Å². The van der Waals surface area contributed by atoms with Gasteiger partial charge < -0.3 is 5.32 Å². The van der Waals surface area contributed by atoms with Crippen molar-refractivity contribution in [1.82, 2.24) is 5.32 Å². The van der Waals surface area contributed by atoms with E-state index in [9.17, 15) is 17.4 Å². The van der Waals surface area contributed by atoms with E-state index < -0.39 is 20.8 Å². The number of nitrogens with one attached hydrogen (secondary N) is 1. The molecule has 0 saturated carbocycles. The lowest BCUT2D eigenvalue weighted by Crippen LogP contribution is -2.26. The minimum atomic E-state index is -3.80. The van der Waals surface area contributed by atoms with Crippen LogP contribution in [0.15, 0.2) is 11.0 Å². The molecule has 1 amide bonds. The van der Waals surface area contributed by atoms with Crippen LogP contribution >= 0.6 is 11.3 Å². The molecule has 3 N–H and O–H groups in total. The molecule has 0 aliphatic heterocycles. The molecule has 1 heterocycles. The second-order valence-corrected chi connectivity index (χ2v) is 7.95. The number of aryl methyl sites for hydroxylation is 1. The van der Waals surface area contributed by atoms with E-state index in [-0.39, 0.29) is 22.2 Å². The van der Waals surface area contributed by atoms with Gasteiger partial charge in [-0.25, -0.2) is 13.6 Å². The highest BCUT2D eigenvalue weighted by atomic mass is 32.2. The molecule has 0 bridgehead atoms. The minimum Gasteiger partial charge on any atom is -0.350 e. The van der Waals surface area contributed by atoms with Crippen molar-refractivity contribution in [2.24, 2.45) is 5.14 Å². The molecule has 0 saturated heterocycles. The van der Waals surface area contributed by atoms with E-state index >= 15 is 0 Å². The second-order valence-electron chi connectivity index (χ2n) is 3.61. The van der Waals surface area contributed by atoms with E-state index in [0.717, 1.165) is 11.3 Å². The van der Waals surface area contributed by atoms with Gasteiger partial charge in [0.15, 0.2) is 0 Å². The summed E-state index contributed by atoms with van der Waals surface area (Å²) in [4.78, 5) is 12.4. The maximum absolute atomic E-state index is 11.7. The minimum absolute atomic E-state index is 0.0308. The fraction of sp³-hybridized carbons (Fsp3) is 0.444. The maximum Gasteiger partial charge on any atom is 0.261 e. The lowest BCUT2D eigenvalue weighted by Gasteiger charge is -2.00. The molecule has 102 valence electrons. The largest absolute Gasteiger partial charge is 0.350 e. The quantitative estimate of drug-likeness (QED) is 0.786. The summed E-state index contributed by atoms with van der Waals surface area (Å²) in [5.74, 6) is -0.0264. The molecule has 1 atom stereocenters. The Kier molecular flexibility index (Phi) is 5.02. The highest BCUT2D eigenvalue weighted by Crippen LogP contribution is 2.24. The van der Waals surface area contributed by atoms with Crippen molar-refractivity contribution in [3.05, 3.63) is 15.8 Å². The van der Waals surface area contributed by atoms with Crippen molar-refractivity contribution in [3.63, 3.8) is 0 Å². The van der Waals surface area contributed by atoms with Crippen LogP contribution in [0.3, 0.4) is 0 Å². The van der Waals surface area contributed by atoms with E-state index in [1.54, 1.807) is 13.2 Å². The average Bonchev–Trinajstić information content (AvgIpc) is 2.59. The van der Waals surface area contributed by atoms with Gasteiger partial charge in [-0.2, -0.15) is 0 Å². The Balaban J connectivity index is 2.79. The van der Waals surface area contributed by atoms with Gasteiger partial charge in [0.05, 0.1) is 9.77 Å². The first-order valence-electron chi connectivity index (χ1n) is 4.93. The Morgan fingerprint density at radius 1 is 1.56 bits per heavy atom. The summed E-state index contributed by atoms with van der Waals surface area (Å²) in [5.41, 5.74) is 0. The molecule has 1 rings (SSSR count). The van der Waals surface area contributed by atoms with Crippen molar-refractivity contribution in [1.29, 1.82) is 0 Å². The summed E-state index contributed by atoms with van der Waals surface area (Å²) >= 11 is 1.06. The molecule has 0 aliphatic rings. The smallest absolute Gasteiger partial charge is 0.261 e. The molecule has 0 spiro atoms. The summed E-state index contributed by atoms with van der Waals surface area (Å²) in [6.45, 7) is 1.87. The number of amides is 1. The zero-order valence-electron chi connectivity index (χ0n) is 9.93. The number of hydrogen-bond acceptors (Lipinski definition) is 5. The van der Waals surface area contributed by atoms with Crippen molar-refractivity contribution in [2.45, 2.75) is 11.8 Å². The van der Waals surface area contributed by atoms with Crippen LogP contribution < -0.4 is 10.5 Å². The molecule has 1 unspecified atom stereocenters. The Bertz CT molecular complexity index is 577. The van der Waals surface area contributed by atoms with Gasteiger partial charge in [0.1, 0.15) is 0 Å². The molecular formula is C9H14N2O4S3. The van der Waals surface area contributed by atoms with Gasteiger partial charge >= 0.3 is 0 Å². The molecule has 0 aromatic carbocycles. The first-order valence-corrected chi connectivity index (χ1v) is 9.02. The third-order valence-corrected chi connectivity index (χ3v) is 5.07. The SMILES string of the molecule is Cc1sc(C(=O)NCCS(C)=O)cc1S(N)(=O)=O. The zero-order chi connectivity index (χ0) is 13.9. The van der Waals surface area contributed by atoms with Gasteiger partial charge in [-0.3, -0.25) is 9.00 Å². The number of rotatable bonds is 5. The van der Waals surface area contributed by atoms with E-state index in [0.29, 0.717) is 10.6 Å². The number of sulfonamides is 1. The van der Waals surface area contributed by atoms with E-state index in [2.05, 4.69) is 5.32 Å². The Labute approximate surface area is 112 Å². The maximum atomic E-state index is 11.7. The third-order valence-electron chi connectivity index (χ3n) is 2.08. The normalized spacial score (nSPS) is 13.3. The van der Waals surface area contributed by atoms with Crippen LogP contribution in [0.2, 0.25) is 0 Å². The average molecular weight is 310 g/mol. The first-order chi connectivity index (χ1) is 8.21. The van der Waals surface area contributed by atoms with Gasteiger partial charge in [0.25, 0.3) is 5.91 Å². The third kappa shape index (κ3) is 4.16. The predicted molar refractivity (Wildman–Crippen MR) is 71.7 cm³/mol. The summed E-state index contributed by atoms with van der Waals surface area (Å²) in [7, 11) is -4.78. The molecule has 9 heteroatoms. The van der Waals surface area contributed by atoms with Crippen molar-refractivity contribution in [2.75, 3.05) is 18.6 Å². The summed E-state index contributed by atoms with van der Waals surface area (Å²) in [5, 5.41) is 7.58. The molecule has 18 heavy (non-hydrogen) atoms. The second kappa shape index (κ2) is 5.91. The van der Waals surface area contributed by atoms with E-state index in [1.807, 2.05) is 0 Å². The number of thiophene rings is 1. The highest BCUT2D eigenvalue weighted by molar-refractivity contribution is 7.89. The number of primary sulfonamides is 1. The van der Waals surface area contributed by atoms with Crippen LogP contribution in [-0.2, 0) is 20.8 Å². The van der Waals surface area contributed by atoms with Gasteiger partial charge in [0, 0.05) is 34.2 Å². The van der Waals surface area contributed by atoms with Crippen LogP contribution in [0, 0.1) is 6.92 Å². The molecule has 1 aromatic heterocycles. The fourth-order valence-corrected chi connectivity index (χ4v) is 3.71.